The maximum Gasteiger partial charge on any atom is 0.0666 e. The topological polar surface area (TPSA) is 24.5 Å². The van der Waals surface area contributed by atoms with E-state index in [1.165, 1.54) is 6.42 Å². The minimum Gasteiger partial charge on any atom is -0.375 e. The van der Waals surface area contributed by atoms with E-state index in [4.69, 9.17) is 4.74 Å². The molecule has 0 radical (unpaired) electrons. The van der Waals surface area contributed by atoms with Gasteiger partial charge in [-0.25, -0.2) is 0 Å². The van der Waals surface area contributed by atoms with Gasteiger partial charge < -0.3 is 15.0 Å². The van der Waals surface area contributed by atoms with E-state index in [0.717, 1.165) is 32.4 Å². The van der Waals surface area contributed by atoms with Crippen molar-refractivity contribution in [1.82, 2.24) is 10.2 Å². The highest BCUT2D eigenvalue weighted by Crippen LogP contribution is 2.27. The molecule has 0 saturated carbocycles. The monoisotopic (exact) mass is 242 g/mol. The molecule has 0 aromatic rings. The SMILES string of the molecule is CCC1(C)CC(NC(C)CCN(C)C)CCO1. The van der Waals surface area contributed by atoms with Gasteiger partial charge in [0.2, 0.25) is 0 Å². The summed E-state index contributed by atoms with van der Waals surface area (Å²) in [5.41, 5.74) is 0.0944. The molecule has 3 atom stereocenters. The zero-order valence-corrected chi connectivity index (χ0v) is 12.3. The summed E-state index contributed by atoms with van der Waals surface area (Å²) >= 11 is 0. The average molecular weight is 242 g/mol. The molecule has 0 aromatic heterocycles. The Hall–Kier alpha value is -0.120. The Morgan fingerprint density at radius 3 is 2.76 bits per heavy atom. The molecule has 1 fully saturated rings. The van der Waals surface area contributed by atoms with Crippen LogP contribution in [0, 0.1) is 0 Å². The standard InChI is InChI=1S/C14H30N2O/c1-6-14(3)11-13(8-10-17-14)15-12(2)7-9-16(4)5/h12-13,15H,6-11H2,1-5H3. The molecule has 0 aliphatic carbocycles. The molecule has 0 amide bonds. The Morgan fingerprint density at radius 1 is 1.47 bits per heavy atom. The number of nitrogens with one attached hydrogen (secondary N) is 1. The van der Waals surface area contributed by atoms with E-state index in [1.54, 1.807) is 0 Å². The Morgan fingerprint density at radius 2 is 2.18 bits per heavy atom. The number of nitrogens with zero attached hydrogens (tertiary/aromatic N) is 1. The summed E-state index contributed by atoms with van der Waals surface area (Å²) in [6.07, 6.45) is 4.63. The van der Waals surface area contributed by atoms with Gasteiger partial charge in [-0.1, -0.05) is 6.92 Å². The molecule has 0 aromatic carbocycles. The molecular formula is C14H30N2O. The second kappa shape index (κ2) is 6.72. The third-order valence-electron chi connectivity index (χ3n) is 3.87. The van der Waals surface area contributed by atoms with Crippen LogP contribution in [0.1, 0.15) is 46.5 Å². The lowest BCUT2D eigenvalue weighted by Gasteiger charge is -2.39. The number of ether oxygens (including phenoxy) is 1. The van der Waals surface area contributed by atoms with Crippen molar-refractivity contribution in [3.05, 3.63) is 0 Å². The normalized spacial score (nSPS) is 31.8. The van der Waals surface area contributed by atoms with Crippen LogP contribution in [0.25, 0.3) is 0 Å². The Labute approximate surface area is 107 Å². The van der Waals surface area contributed by atoms with Crippen LogP contribution in [0.3, 0.4) is 0 Å². The number of hydrogen-bond donors (Lipinski definition) is 1. The summed E-state index contributed by atoms with van der Waals surface area (Å²) in [7, 11) is 4.27. The highest BCUT2D eigenvalue weighted by molar-refractivity contribution is 4.86. The van der Waals surface area contributed by atoms with E-state index < -0.39 is 0 Å². The number of hydrogen-bond acceptors (Lipinski definition) is 3. The molecule has 3 nitrogen and oxygen atoms in total. The summed E-state index contributed by atoms with van der Waals surface area (Å²) < 4.78 is 5.88. The van der Waals surface area contributed by atoms with E-state index >= 15 is 0 Å². The maximum atomic E-state index is 5.88. The van der Waals surface area contributed by atoms with Crippen molar-refractivity contribution in [3.8, 4) is 0 Å². The van der Waals surface area contributed by atoms with Gasteiger partial charge in [0.1, 0.15) is 0 Å². The third-order valence-corrected chi connectivity index (χ3v) is 3.87. The molecule has 1 heterocycles. The molecule has 3 heteroatoms. The first-order valence-electron chi connectivity index (χ1n) is 7.00. The first-order chi connectivity index (χ1) is 7.95. The Kier molecular flexibility index (Phi) is 5.90. The maximum absolute atomic E-state index is 5.88. The van der Waals surface area contributed by atoms with Crippen molar-refractivity contribution >= 4 is 0 Å². The molecule has 1 N–H and O–H groups in total. The molecule has 3 unspecified atom stereocenters. The molecule has 0 spiro atoms. The fourth-order valence-electron chi connectivity index (χ4n) is 2.46. The second-order valence-corrected chi connectivity index (χ2v) is 6.00. The zero-order chi connectivity index (χ0) is 12.9. The van der Waals surface area contributed by atoms with Gasteiger partial charge in [-0.2, -0.15) is 0 Å². The van der Waals surface area contributed by atoms with Crippen molar-refractivity contribution in [2.24, 2.45) is 0 Å². The average Bonchev–Trinajstić information content (AvgIpc) is 2.26. The largest absolute Gasteiger partial charge is 0.375 e. The lowest BCUT2D eigenvalue weighted by molar-refractivity contribution is -0.0790. The minimum atomic E-state index is 0.0944. The van der Waals surface area contributed by atoms with Crippen LogP contribution in [0.2, 0.25) is 0 Å². The van der Waals surface area contributed by atoms with Crippen LogP contribution >= 0.6 is 0 Å². The summed E-state index contributed by atoms with van der Waals surface area (Å²) in [4.78, 5) is 2.25. The van der Waals surface area contributed by atoms with Crippen LogP contribution < -0.4 is 5.32 Å². The zero-order valence-electron chi connectivity index (χ0n) is 12.3. The molecule has 1 aliphatic rings. The van der Waals surface area contributed by atoms with E-state index in [1.807, 2.05) is 0 Å². The highest BCUT2D eigenvalue weighted by Gasteiger charge is 2.31. The third kappa shape index (κ3) is 5.36. The van der Waals surface area contributed by atoms with Crippen LogP contribution in [0.5, 0.6) is 0 Å². The van der Waals surface area contributed by atoms with Gasteiger partial charge in [0.15, 0.2) is 0 Å². The lowest BCUT2D eigenvalue weighted by Crippen LogP contribution is -2.48. The predicted molar refractivity (Wildman–Crippen MR) is 73.4 cm³/mol. The Bertz CT molecular complexity index is 220. The fourth-order valence-corrected chi connectivity index (χ4v) is 2.46. The summed E-state index contributed by atoms with van der Waals surface area (Å²) in [5, 5.41) is 3.76. The van der Waals surface area contributed by atoms with E-state index in [0.29, 0.717) is 12.1 Å². The predicted octanol–water partition coefficient (Wildman–Crippen LogP) is 2.26. The number of rotatable bonds is 6. The first kappa shape index (κ1) is 14.9. The molecule has 102 valence electrons. The first-order valence-corrected chi connectivity index (χ1v) is 7.00. The van der Waals surface area contributed by atoms with Crippen LogP contribution in [0.15, 0.2) is 0 Å². The van der Waals surface area contributed by atoms with Crippen LogP contribution in [-0.2, 0) is 4.74 Å². The van der Waals surface area contributed by atoms with Crippen molar-refractivity contribution in [2.75, 3.05) is 27.2 Å². The molecule has 1 rings (SSSR count). The molecule has 1 aliphatic heterocycles. The fraction of sp³-hybridized carbons (Fsp3) is 1.00. The Balaban J connectivity index is 2.30. The second-order valence-electron chi connectivity index (χ2n) is 6.00. The van der Waals surface area contributed by atoms with Gasteiger partial charge in [0.05, 0.1) is 5.60 Å². The van der Waals surface area contributed by atoms with E-state index in [9.17, 15) is 0 Å². The van der Waals surface area contributed by atoms with Crippen molar-refractivity contribution < 1.29 is 4.74 Å². The van der Waals surface area contributed by atoms with Crippen LogP contribution in [-0.4, -0.2) is 49.8 Å². The summed E-state index contributed by atoms with van der Waals surface area (Å²) in [6, 6.07) is 1.23. The van der Waals surface area contributed by atoms with Crippen LogP contribution in [0.4, 0.5) is 0 Å². The van der Waals surface area contributed by atoms with Gasteiger partial charge in [0, 0.05) is 18.7 Å². The van der Waals surface area contributed by atoms with Gasteiger partial charge >= 0.3 is 0 Å². The van der Waals surface area contributed by atoms with Gasteiger partial charge in [-0.3, -0.25) is 0 Å². The molecular weight excluding hydrogens is 212 g/mol. The summed E-state index contributed by atoms with van der Waals surface area (Å²) in [6.45, 7) is 8.82. The van der Waals surface area contributed by atoms with Crippen molar-refractivity contribution in [3.63, 3.8) is 0 Å². The quantitative estimate of drug-likeness (QED) is 0.773. The van der Waals surface area contributed by atoms with Crippen molar-refractivity contribution in [1.29, 1.82) is 0 Å². The van der Waals surface area contributed by atoms with E-state index in [-0.39, 0.29) is 5.60 Å². The van der Waals surface area contributed by atoms with Crippen molar-refractivity contribution in [2.45, 2.75) is 64.1 Å². The molecule has 1 saturated heterocycles. The smallest absolute Gasteiger partial charge is 0.0666 e. The van der Waals surface area contributed by atoms with Gasteiger partial charge in [-0.05, 0) is 60.2 Å². The highest BCUT2D eigenvalue weighted by atomic mass is 16.5. The molecule has 17 heavy (non-hydrogen) atoms. The lowest BCUT2D eigenvalue weighted by atomic mass is 9.89. The molecule has 0 bridgehead atoms. The van der Waals surface area contributed by atoms with Gasteiger partial charge in [0.25, 0.3) is 0 Å². The van der Waals surface area contributed by atoms with E-state index in [2.05, 4.69) is 45.1 Å². The summed E-state index contributed by atoms with van der Waals surface area (Å²) in [5.74, 6) is 0. The van der Waals surface area contributed by atoms with Gasteiger partial charge in [-0.15, -0.1) is 0 Å². The minimum absolute atomic E-state index is 0.0944.